The van der Waals surface area contributed by atoms with Gasteiger partial charge >= 0.3 is 12.2 Å². The van der Waals surface area contributed by atoms with Crippen LogP contribution < -0.4 is 5.32 Å². The summed E-state index contributed by atoms with van der Waals surface area (Å²) in [6.45, 7) is 11.3. The monoisotopic (exact) mass is 313 g/mol. The van der Waals surface area contributed by atoms with Gasteiger partial charge in [0, 0.05) is 19.6 Å². The van der Waals surface area contributed by atoms with Crippen molar-refractivity contribution in [1.29, 1.82) is 5.26 Å². The molecule has 0 aromatic carbocycles. The predicted molar refractivity (Wildman–Crippen MR) is 82.3 cm³/mol. The highest BCUT2D eigenvalue weighted by Crippen LogP contribution is 2.10. The number of rotatable bonds is 5. The highest BCUT2D eigenvalue weighted by atomic mass is 16.6. The molecule has 0 aliphatic rings. The van der Waals surface area contributed by atoms with E-state index in [0.717, 1.165) is 0 Å². The van der Waals surface area contributed by atoms with E-state index < -0.39 is 23.4 Å². The van der Waals surface area contributed by atoms with Crippen LogP contribution in [0.4, 0.5) is 9.59 Å². The Morgan fingerprint density at radius 1 is 1.05 bits per heavy atom. The highest BCUT2D eigenvalue weighted by molar-refractivity contribution is 5.69. The average Bonchev–Trinajstić information content (AvgIpc) is 2.28. The predicted octanol–water partition coefficient (Wildman–Crippen LogP) is 2.66. The van der Waals surface area contributed by atoms with E-state index in [1.54, 1.807) is 41.5 Å². The Morgan fingerprint density at radius 2 is 1.59 bits per heavy atom. The number of amides is 2. The normalized spacial score (nSPS) is 11.3. The summed E-state index contributed by atoms with van der Waals surface area (Å²) in [5, 5.41) is 11.2. The van der Waals surface area contributed by atoms with E-state index in [1.807, 2.05) is 6.07 Å². The zero-order valence-electron chi connectivity index (χ0n) is 14.4. The van der Waals surface area contributed by atoms with Crippen LogP contribution in [0.15, 0.2) is 0 Å². The van der Waals surface area contributed by atoms with Gasteiger partial charge < -0.3 is 19.7 Å². The minimum atomic E-state index is -0.611. The fourth-order valence-electron chi connectivity index (χ4n) is 1.41. The van der Waals surface area contributed by atoms with Gasteiger partial charge in [-0.15, -0.1) is 0 Å². The van der Waals surface area contributed by atoms with Gasteiger partial charge in [0.1, 0.15) is 11.2 Å². The smallest absolute Gasteiger partial charge is 0.410 e. The summed E-state index contributed by atoms with van der Waals surface area (Å²) in [5.41, 5.74) is -1.18. The first-order chi connectivity index (χ1) is 9.94. The molecule has 0 bridgehead atoms. The van der Waals surface area contributed by atoms with Gasteiger partial charge in [-0.05, 0) is 41.5 Å². The summed E-state index contributed by atoms with van der Waals surface area (Å²) in [7, 11) is 0. The second-order valence-electron chi connectivity index (χ2n) is 6.80. The number of carbonyl (C=O) groups excluding carboxylic acids is 2. The van der Waals surface area contributed by atoms with E-state index in [1.165, 1.54) is 4.90 Å². The van der Waals surface area contributed by atoms with Gasteiger partial charge in [0.15, 0.2) is 0 Å². The van der Waals surface area contributed by atoms with Crippen molar-refractivity contribution in [2.24, 2.45) is 0 Å². The van der Waals surface area contributed by atoms with Gasteiger partial charge in [0.2, 0.25) is 0 Å². The van der Waals surface area contributed by atoms with E-state index in [9.17, 15) is 9.59 Å². The molecule has 0 unspecified atom stereocenters. The molecule has 126 valence electrons. The first-order valence-corrected chi connectivity index (χ1v) is 7.26. The quantitative estimate of drug-likeness (QED) is 0.842. The molecule has 0 spiro atoms. The van der Waals surface area contributed by atoms with Gasteiger partial charge in [-0.2, -0.15) is 5.26 Å². The van der Waals surface area contributed by atoms with Gasteiger partial charge in [-0.25, -0.2) is 9.59 Å². The van der Waals surface area contributed by atoms with Crippen molar-refractivity contribution in [3.63, 3.8) is 0 Å². The third kappa shape index (κ3) is 10.8. The molecule has 7 nitrogen and oxygen atoms in total. The zero-order chi connectivity index (χ0) is 17.4. The molecule has 0 heterocycles. The molecule has 1 N–H and O–H groups in total. The number of nitriles is 1. The molecule has 0 aliphatic carbocycles. The zero-order valence-corrected chi connectivity index (χ0v) is 14.4. The highest BCUT2D eigenvalue weighted by Gasteiger charge is 2.22. The Kier molecular flexibility index (Phi) is 7.71. The summed E-state index contributed by atoms with van der Waals surface area (Å²) in [5.74, 6) is 0. The van der Waals surface area contributed by atoms with Crippen molar-refractivity contribution in [2.45, 2.75) is 59.2 Å². The van der Waals surface area contributed by atoms with Crippen molar-refractivity contribution < 1.29 is 19.1 Å². The molecule has 0 aromatic heterocycles. The number of hydrogen-bond donors (Lipinski definition) is 1. The topological polar surface area (TPSA) is 91.7 Å². The summed E-state index contributed by atoms with van der Waals surface area (Å²) in [6, 6.07) is 1.98. The van der Waals surface area contributed by atoms with Crippen LogP contribution >= 0.6 is 0 Å². The van der Waals surface area contributed by atoms with Crippen molar-refractivity contribution in [3.05, 3.63) is 0 Å². The van der Waals surface area contributed by atoms with E-state index in [-0.39, 0.29) is 26.1 Å². The molecule has 0 fully saturated rings. The molecule has 2 amide bonds. The number of nitrogens with zero attached hydrogens (tertiary/aromatic N) is 2. The number of alkyl carbamates (subject to hydrolysis) is 1. The number of carbonyl (C=O) groups is 2. The summed E-state index contributed by atoms with van der Waals surface area (Å²) >= 11 is 0. The van der Waals surface area contributed by atoms with Crippen LogP contribution in [0, 0.1) is 11.3 Å². The lowest BCUT2D eigenvalue weighted by Crippen LogP contribution is -2.42. The number of ether oxygens (including phenoxy) is 2. The SMILES string of the molecule is CC(C)(C)OC(=O)NCCN(CCC#N)C(=O)OC(C)(C)C. The van der Waals surface area contributed by atoms with E-state index in [4.69, 9.17) is 14.7 Å². The first-order valence-electron chi connectivity index (χ1n) is 7.26. The number of nitrogens with one attached hydrogen (secondary N) is 1. The van der Waals surface area contributed by atoms with Crippen LogP contribution in [0.5, 0.6) is 0 Å². The second-order valence-corrected chi connectivity index (χ2v) is 6.80. The molecule has 0 aromatic rings. The minimum absolute atomic E-state index is 0.200. The minimum Gasteiger partial charge on any atom is -0.444 e. The van der Waals surface area contributed by atoms with Crippen molar-refractivity contribution >= 4 is 12.2 Å². The molecule has 0 saturated carbocycles. The molecular formula is C15H27N3O4. The van der Waals surface area contributed by atoms with E-state index >= 15 is 0 Å². The standard InChI is InChI=1S/C15H27N3O4/c1-14(2,3)21-12(19)17-9-11-18(10-7-8-16)13(20)22-15(4,5)6/h7,9-11H2,1-6H3,(H,17,19). The molecule has 0 atom stereocenters. The van der Waals surface area contributed by atoms with Gasteiger partial charge in [0.05, 0.1) is 12.5 Å². The van der Waals surface area contributed by atoms with Crippen LogP contribution in [0.1, 0.15) is 48.0 Å². The van der Waals surface area contributed by atoms with Gasteiger partial charge in [0.25, 0.3) is 0 Å². The largest absolute Gasteiger partial charge is 0.444 e. The Bertz CT molecular complexity index is 416. The van der Waals surface area contributed by atoms with Crippen molar-refractivity contribution in [1.82, 2.24) is 10.2 Å². The first kappa shape index (κ1) is 20.0. The Morgan fingerprint density at radius 3 is 2.05 bits per heavy atom. The molecule has 0 radical (unpaired) electrons. The maximum absolute atomic E-state index is 12.0. The molecule has 0 saturated heterocycles. The second kappa shape index (κ2) is 8.47. The lowest BCUT2D eigenvalue weighted by Gasteiger charge is -2.27. The lowest BCUT2D eigenvalue weighted by molar-refractivity contribution is 0.0244. The van der Waals surface area contributed by atoms with Gasteiger partial charge in [-0.1, -0.05) is 0 Å². The average molecular weight is 313 g/mol. The Balaban J connectivity index is 4.40. The Hall–Kier alpha value is -1.97. The summed E-state index contributed by atoms with van der Waals surface area (Å²) in [6.07, 6.45) is -0.850. The third-order valence-corrected chi connectivity index (χ3v) is 2.20. The molecule has 0 rings (SSSR count). The molecule has 0 aliphatic heterocycles. The summed E-state index contributed by atoms with van der Waals surface area (Å²) in [4.78, 5) is 24.9. The van der Waals surface area contributed by atoms with Crippen molar-refractivity contribution in [3.8, 4) is 6.07 Å². The maximum Gasteiger partial charge on any atom is 0.410 e. The fourth-order valence-corrected chi connectivity index (χ4v) is 1.41. The summed E-state index contributed by atoms with van der Waals surface area (Å²) < 4.78 is 10.4. The maximum atomic E-state index is 12.0. The molecule has 7 heteroatoms. The Labute approximate surface area is 132 Å². The number of hydrogen-bond acceptors (Lipinski definition) is 5. The van der Waals surface area contributed by atoms with Gasteiger partial charge in [-0.3, -0.25) is 0 Å². The van der Waals surface area contributed by atoms with Crippen LogP contribution in [0.25, 0.3) is 0 Å². The van der Waals surface area contributed by atoms with Crippen LogP contribution in [0.3, 0.4) is 0 Å². The van der Waals surface area contributed by atoms with Crippen molar-refractivity contribution in [2.75, 3.05) is 19.6 Å². The van der Waals surface area contributed by atoms with E-state index in [0.29, 0.717) is 0 Å². The van der Waals surface area contributed by atoms with E-state index in [2.05, 4.69) is 5.32 Å². The van der Waals surface area contributed by atoms with Crippen LogP contribution in [0.2, 0.25) is 0 Å². The fraction of sp³-hybridized carbons (Fsp3) is 0.800. The third-order valence-electron chi connectivity index (χ3n) is 2.20. The lowest BCUT2D eigenvalue weighted by atomic mass is 10.2. The molecule has 22 heavy (non-hydrogen) atoms. The molecular weight excluding hydrogens is 286 g/mol. The van der Waals surface area contributed by atoms with Crippen LogP contribution in [-0.4, -0.2) is 47.9 Å². The van der Waals surface area contributed by atoms with Crippen LogP contribution in [-0.2, 0) is 9.47 Å².